The van der Waals surface area contributed by atoms with Gasteiger partial charge in [0.2, 0.25) is 0 Å². The van der Waals surface area contributed by atoms with Crippen LogP contribution < -0.4 is 5.32 Å². The molecule has 1 saturated heterocycles. The molecule has 0 spiro atoms. The van der Waals surface area contributed by atoms with E-state index in [1.165, 1.54) is 6.07 Å². The Hall–Kier alpha value is -2.24. The van der Waals surface area contributed by atoms with Crippen molar-refractivity contribution in [1.82, 2.24) is 10.2 Å². The average Bonchev–Trinajstić information content (AvgIpc) is 2.71. The molecule has 0 aliphatic carbocycles. The minimum Gasteiger partial charge on any atom is -0.385 e. The predicted octanol–water partition coefficient (Wildman–Crippen LogP) is 3.15. The number of aliphatic imine (C=N–C) groups is 1. The van der Waals surface area contributed by atoms with Crippen LogP contribution in [-0.4, -0.2) is 64.0 Å². The fourth-order valence-electron chi connectivity index (χ4n) is 3.06. The smallest absolute Gasteiger partial charge is 0.385 e. The molecule has 2 rings (SSSR count). The van der Waals surface area contributed by atoms with E-state index in [2.05, 4.69) is 27.0 Å². The number of benzene rings is 1. The van der Waals surface area contributed by atoms with Crippen molar-refractivity contribution in [2.75, 3.05) is 47.0 Å². The van der Waals surface area contributed by atoms with Gasteiger partial charge in [-0.25, -0.2) is 0 Å². The van der Waals surface area contributed by atoms with Crippen LogP contribution in [0.1, 0.15) is 30.4 Å². The Balaban J connectivity index is 1.77. The minimum absolute atomic E-state index is 0.252. The number of alkyl halides is 3. The summed E-state index contributed by atoms with van der Waals surface area (Å²) < 4.78 is 49.1. The number of nitrogens with zero attached hydrogens (tertiary/aromatic N) is 2. The molecule has 8 heteroatoms. The Labute approximate surface area is 170 Å². The number of piperidine rings is 1. The molecule has 1 N–H and O–H groups in total. The number of hydrogen-bond donors (Lipinski definition) is 1. The fraction of sp³-hybridized carbons (Fsp3) is 0.571. The Morgan fingerprint density at radius 3 is 2.69 bits per heavy atom. The third-order valence-corrected chi connectivity index (χ3v) is 4.56. The largest absolute Gasteiger partial charge is 0.416 e. The normalized spacial score (nSPS) is 15.8. The third-order valence-electron chi connectivity index (χ3n) is 4.56. The number of ether oxygens (including phenoxy) is 2. The quantitative estimate of drug-likeness (QED) is 0.338. The zero-order valence-electron chi connectivity index (χ0n) is 16.9. The molecule has 1 fully saturated rings. The van der Waals surface area contributed by atoms with Gasteiger partial charge in [-0.15, -0.1) is 0 Å². The molecular formula is C21H28F3N3O2. The van der Waals surface area contributed by atoms with Crippen LogP contribution in [0, 0.1) is 11.8 Å². The van der Waals surface area contributed by atoms with Gasteiger partial charge in [0.1, 0.15) is 0 Å². The van der Waals surface area contributed by atoms with Crippen LogP contribution in [0.5, 0.6) is 0 Å². The lowest BCUT2D eigenvalue weighted by Gasteiger charge is -2.34. The first-order valence-corrected chi connectivity index (χ1v) is 9.66. The van der Waals surface area contributed by atoms with Crippen molar-refractivity contribution in [2.24, 2.45) is 4.99 Å². The Bertz CT molecular complexity index is 718. The molecule has 0 amide bonds. The van der Waals surface area contributed by atoms with Crippen LogP contribution in [0.4, 0.5) is 13.2 Å². The van der Waals surface area contributed by atoms with Crippen molar-refractivity contribution in [2.45, 2.75) is 31.5 Å². The molecule has 1 aromatic carbocycles. The molecule has 0 atom stereocenters. The Morgan fingerprint density at radius 2 is 2.03 bits per heavy atom. The number of guanidine groups is 1. The number of halogens is 3. The van der Waals surface area contributed by atoms with E-state index in [4.69, 9.17) is 9.47 Å². The van der Waals surface area contributed by atoms with Crippen LogP contribution in [0.3, 0.4) is 0 Å². The number of rotatable bonds is 6. The predicted molar refractivity (Wildman–Crippen MR) is 107 cm³/mol. The van der Waals surface area contributed by atoms with Gasteiger partial charge in [-0.2, -0.15) is 13.2 Å². The highest BCUT2D eigenvalue weighted by Crippen LogP contribution is 2.29. The summed E-state index contributed by atoms with van der Waals surface area (Å²) in [6.07, 6.45) is -1.38. The highest BCUT2D eigenvalue weighted by Gasteiger charge is 2.30. The van der Waals surface area contributed by atoms with Crippen LogP contribution in [0.25, 0.3) is 0 Å². The van der Waals surface area contributed by atoms with Crippen molar-refractivity contribution in [3.8, 4) is 11.8 Å². The van der Waals surface area contributed by atoms with E-state index >= 15 is 0 Å². The van der Waals surface area contributed by atoms with Gasteiger partial charge in [0.25, 0.3) is 0 Å². The second-order valence-corrected chi connectivity index (χ2v) is 6.68. The van der Waals surface area contributed by atoms with Crippen molar-refractivity contribution >= 4 is 5.96 Å². The molecule has 1 aliphatic rings. The van der Waals surface area contributed by atoms with Gasteiger partial charge < -0.3 is 19.7 Å². The molecule has 0 aromatic heterocycles. The van der Waals surface area contributed by atoms with Gasteiger partial charge in [0.05, 0.1) is 18.2 Å². The van der Waals surface area contributed by atoms with Crippen molar-refractivity contribution in [1.29, 1.82) is 0 Å². The maximum absolute atomic E-state index is 12.7. The maximum atomic E-state index is 12.7. The highest BCUT2D eigenvalue weighted by atomic mass is 19.4. The molecule has 0 unspecified atom stereocenters. The van der Waals surface area contributed by atoms with E-state index in [-0.39, 0.29) is 6.10 Å². The molecule has 0 radical (unpaired) electrons. The second-order valence-electron chi connectivity index (χ2n) is 6.68. The molecule has 160 valence electrons. The molecular weight excluding hydrogens is 383 g/mol. The first-order chi connectivity index (χ1) is 13.9. The number of likely N-dealkylation sites (tertiary alicyclic amines) is 1. The minimum atomic E-state index is -4.36. The van der Waals surface area contributed by atoms with Crippen molar-refractivity contribution in [3.05, 3.63) is 35.4 Å². The number of nitrogens with one attached hydrogen (secondary N) is 1. The molecule has 0 saturated carbocycles. The summed E-state index contributed by atoms with van der Waals surface area (Å²) in [5, 5.41) is 3.15. The third kappa shape index (κ3) is 7.95. The Kier molecular flexibility index (Phi) is 9.29. The standard InChI is InChI=1S/C21H28F3N3O2/c1-25-20(27-12-9-19(10-13-27)29-15-5-14-28-2)26-11-4-7-17-6-3-8-18(16-17)21(22,23)24/h3,6,8,16,19H,5,9-15H2,1-2H3,(H,25,26). The van der Waals surface area contributed by atoms with Crippen LogP contribution in [0.2, 0.25) is 0 Å². The monoisotopic (exact) mass is 411 g/mol. The summed E-state index contributed by atoms with van der Waals surface area (Å²) >= 11 is 0. The van der Waals surface area contributed by atoms with E-state index in [0.29, 0.717) is 25.3 Å². The summed E-state index contributed by atoms with van der Waals surface area (Å²) in [4.78, 5) is 6.41. The summed E-state index contributed by atoms with van der Waals surface area (Å²) in [6.45, 7) is 3.37. The lowest BCUT2D eigenvalue weighted by Crippen LogP contribution is -2.47. The van der Waals surface area contributed by atoms with E-state index < -0.39 is 11.7 Å². The lowest BCUT2D eigenvalue weighted by molar-refractivity contribution is -0.137. The summed E-state index contributed by atoms with van der Waals surface area (Å²) in [6, 6.07) is 5.02. The van der Waals surface area contributed by atoms with Crippen molar-refractivity contribution < 1.29 is 22.6 Å². The summed E-state index contributed by atoms with van der Waals surface area (Å²) in [5.41, 5.74) is -0.358. The van der Waals surface area contributed by atoms with Gasteiger partial charge >= 0.3 is 6.18 Å². The summed E-state index contributed by atoms with van der Waals surface area (Å²) in [7, 11) is 3.39. The van der Waals surface area contributed by atoms with Gasteiger partial charge in [0.15, 0.2) is 5.96 Å². The van der Waals surface area contributed by atoms with Crippen molar-refractivity contribution in [3.63, 3.8) is 0 Å². The lowest BCUT2D eigenvalue weighted by atomic mass is 10.1. The molecule has 1 heterocycles. The van der Waals surface area contributed by atoms with Gasteiger partial charge in [0, 0.05) is 46.0 Å². The molecule has 1 aliphatic heterocycles. The maximum Gasteiger partial charge on any atom is 0.416 e. The number of methoxy groups -OCH3 is 1. The van der Waals surface area contributed by atoms with Crippen LogP contribution >= 0.6 is 0 Å². The molecule has 29 heavy (non-hydrogen) atoms. The summed E-state index contributed by atoms with van der Waals surface area (Å²) in [5.74, 6) is 6.36. The highest BCUT2D eigenvalue weighted by molar-refractivity contribution is 5.80. The zero-order valence-corrected chi connectivity index (χ0v) is 16.9. The molecule has 0 bridgehead atoms. The van der Waals surface area contributed by atoms with E-state index in [9.17, 15) is 13.2 Å². The molecule has 1 aromatic rings. The SMILES string of the molecule is CN=C(NCC#Cc1cccc(C(F)(F)F)c1)N1CCC(OCCCOC)CC1. The average molecular weight is 411 g/mol. The topological polar surface area (TPSA) is 46.1 Å². The first kappa shape index (κ1) is 23.0. The van der Waals surface area contributed by atoms with Crippen LogP contribution in [0.15, 0.2) is 29.3 Å². The second kappa shape index (κ2) is 11.7. The van der Waals surface area contributed by atoms with E-state index in [1.807, 2.05) is 0 Å². The zero-order chi connectivity index (χ0) is 21.1. The van der Waals surface area contributed by atoms with Gasteiger partial charge in [-0.1, -0.05) is 17.9 Å². The number of hydrogen-bond acceptors (Lipinski definition) is 3. The van der Waals surface area contributed by atoms with E-state index in [0.717, 1.165) is 50.4 Å². The molecule has 5 nitrogen and oxygen atoms in total. The fourth-order valence-corrected chi connectivity index (χ4v) is 3.06. The van der Waals surface area contributed by atoms with Gasteiger partial charge in [-0.05, 0) is 37.5 Å². The van der Waals surface area contributed by atoms with Gasteiger partial charge in [-0.3, -0.25) is 4.99 Å². The first-order valence-electron chi connectivity index (χ1n) is 9.66. The van der Waals surface area contributed by atoms with E-state index in [1.54, 1.807) is 20.2 Å². The Morgan fingerprint density at radius 1 is 1.28 bits per heavy atom. The van der Waals surface area contributed by atoms with Crippen LogP contribution in [-0.2, 0) is 15.7 Å².